The molecule has 1 aliphatic rings. The SMILES string of the molecule is CS(=O)CCC(=O)NCC1CCNC1. The van der Waals surface area contributed by atoms with Crippen LogP contribution >= 0.6 is 0 Å². The van der Waals surface area contributed by atoms with E-state index < -0.39 is 10.8 Å². The van der Waals surface area contributed by atoms with Gasteiger partial charge in [-0.1, -0.05) is 0 Å². The van der Waals surface area contributed by atoms with Crippen LogP contribution in [-0.2, 0) is 15.6 Å². The van der Waals surface area contributed by atoms with Crippen LogP contribution in [0.5, 0.6) is 0 Å². The Morgan fingerprint density at radius 3 is 3.00 bits per heavy atom. The van der Waals surface area contributed by atoms with Crippen LogP contribution < -0.4 is 10.6 Å². The lowest BCUT2D eigenvalue weighted by atomic mass is 10.1. The topological polar surface area (TPSA) is 58.2 Å². The van der Waals surface area contributed by atoms with Crippen molar-refractivity contribution in [2.24, 2.45) is 5.92 Å². The van der Waals surface area contributed by atoms with Gasteiger partial charge in [0.2, 0.25) is 5.91 Å². The summed E-state index contributed by atoms with van der Waals surface area (Å²) >= 11 is 0. The largest absolute Gasteiger partial charge is 0.356 e. The van der Waals surface area contributed by atoms with E-state index in [1.54, 1.807) is 6.26 Å². The second-order valence-electron chi connectivity index (χ2n) is 3.69. The Hall–Kier alpha value is -0.420. The van der Waals surface area contributed by atoms with Gasteiger partial charge in [0.25, 0.3) is 0 Å². The Balaban J connectivity index is 2.05. The number of nitrogens with one attached hydrogen (secondary N) is 2. The molecule has 1 heterocycles. The minimum absolute atomic E-state index is 0.0205. The van der Waals surface area contributed by atoms with Crippen LogP contribution in [0.15, 0.2) is 0 Å². The molecule has 1 amide bonds. The Kier molecular flexibility index (Phi) is 5.11. The van der Waals surface area contributed by atoms with Crippen molar-refractivity contribution in [3.05, 3.63) is 0 Å². The van der Waals surface area contributed by atoms with Crippen LogP contribution in [0.4, 0.5) is 0 Å². The lowest BCUT2D eigenvalue weighted by Crippen LogP contribution is -2.30. The first kappa shape index (κ1) is 11.7. The molecule has 1 rings (SSSR count). The lowest BCUT2D eigenvalue weighted by Gasteiger charge is -2.09. The van der Waals surface area contributed by atoms with Crippen molar-refractivity contribution < 1.29 is 9.00 Å². The van der Waals surface area contributed by atoms with Crippen molar-refractivity contribution in [3.8, 4) is 0 Å². The molecule has 82 valence electrons. The monoisotopic (exact) mass is 218 g/mol. The highest BCUT2D eigenvalue weighted by Crippen LogP contribution is 2.05. The standard InChI is InChI=1S/C9H18N2O2S/c1-14(13)5-3-9(12)11-7-8-2-4-10-6-8/h8,10H,2-7H2,1H3,(H,11,12). The van der Waals surface area contributed by atoms with E-state index in [2.05, 4.69) is 10.6 Å². The van der Waals surface area contributed by atoms with Crippen molar-refractivity contribution in [3.63, 3.8) is 0 Å². The van der Waals surface area contributed by atoms with Gasteiger partial charge < -0.3 is 10.6 Å². The quantitative estimate of drug-likeness (QED) is 0.653. The van der Waals surface area contributed by atoms with Crippen LogP contribution in [0.25, 0.3) is 0 Å². The molecule has 0 aromatic rings. The van der Waals surface area contributed by atoms with Crippen LogP contribution in [-0.4, -0.2) is 41.8 Å². The van der Waals surface area contributed by atoms with Gasteiger partial charge in [0, 0.05) is 35.8 Å². The third-order valence-corrected chi connectivity index (χ3v) is 3.15. The smallest absolute Gasteiger partial charge is 0.220 e. The molecule has 0 bridgehead atoms. The molecular formula is C9H18N2O2S. The average Bonchev–Trinajstić information content (AvgIpc) is 2.63. The van der Waals surface area contributed by atoms with Gasteiger partial charge in [-0.15, -0.1) is 0 Å². The minimum Gasteiger partial charge on any atom is -0.356 e. The van der Waals surface area contributed by atoms with Gasteiger partial charge in [-0.2, -0.15) is 0 Å². The summed E-state index contributed by atoms with van der Waals surface area (Å²) in [6.07, 6.45) is 3.14. The summed E-state index contributed by atoms with van der Waals surface area (Å²) in [5.74, 6) is 1.06. The highest BCUT2D eigenvalue weighted by molar-refractivity contribution is 7.84. The molecule has 14 heavy (non-hydrogen) atoms. The predicted molar refractivity (Wildman–Crippen MR) is 57.5 cm³/mol. The van der Waals surface area contributed by atoms with Crippen LogP contribution in [0.2, 0.25) is 0 Å². The maximum atomic E-state index is 11.2. The fourth-order valence-electron chi connectivity index (χ4n) is 1.47. The third kappa shape index (κ3) is 4.72. The molecule has 0 radical (unpaired) electrons. The molecule has 2 atom stereocenters. The molecule has 0 spiro atoms. The van der Waals surface area contributed by atoms with E-state index in [1.807, 2.05) is 0 Å². The van der Waals surface area contributed by atoms with Crippen molar-refractivity contribution in [2.75, 3.05) is 31.6 Å². The Morgan fingerprint density at radius 2 is 2.43 bits per heavy atom. The Morgan fingerprint density at radius 1 is 1.64 bits per heavy atom. The summed E-state index contributed by atoms with van der Waals surface area (Å²) in [7, 11) is -0.865. The van der Waals surface area contributed by atoms with Gasteiger partial charge >= 0.3 is 0 Å². The molecule has 4 nitrogen and oxygen atoms in total. The molecule has 1 aliphatic heterocycles. The first-order valence-electron chi connectivity index (χ1n) is 4.96. The summed E-state index contributed by atoms with van der Waals surface area (Å²) in [5.41, 5.74) is 0. The first-order chi connectivity index (χ1) is 6.68. The number of hydrogen-bond donors (Lipinski definition) is 2. The highest BCUT2D eigenvalue weighted by atomic mass is 32.2. The highest BCUT2D eigenvalue weighted by Gasteiger charge is 2.14. The molecule has 2 unspecified atom stereocenters. The van der Waals surface area contributed by atoms with Gasteiger partial charge in [-0.25, -0.2) is 0 Å². The molecule has 0 aromatic carbocycles. The summed E-state index contributed by atoms with van der Waals surface area (Å²) in [6, 6.07) is 0. The first-order valence-corrected chi connectivity index (χ1v) is 6.68. The zero-order valence-corrected chi connectivity index (χ0v) is 9.36. The van der Waals surface area contributed by atoms with Gasteiger partial charge in [0.15, 0.2) is 0 Å². The second kappa shape index (κ2) is 6.14. The van der Waals surface area contributed by atoms with Crippen LogP contribution in [0.1, 0.15) is 12.8 Å². The number of hydrogen-bond acceptors (Lipinski definition) is 3. The van der Waals surface area contributed by atoms with E-state index in [0.717, 1.165) is 26.1 Å². The van der Waals surface area contributed by atoms with E-state index in [4.69, 9.17) is 0 Å². The van der Waals surface area contributed by atoms with E-state index in [9.17, 15) is 9.00 Å². The van der Waals surface area contributed by atoms with E-state index in [-0.39, 0.29) is 5.91 Å². The minimum atomic E-state index is -0.865. The molecule has 1 fully saturated rings. The van der Waals surface area contributed by atoms with E-state index >= 15 is 0 Å². The summed E-state index contributed by atoms with van der Waals surface area (Å²) in [6.45, 7) is 2.81. The van der Waals surface area contributed by atoms with E-state index in [1.165, 1.54) is 0 Å². The normalized spacial score (nSPS) is 23.4. The van der Waals surface area contributed by atoms with Gasteiger partial charge in [0.05, 0.1) is 0 Å². The molecule has 0 saturated carbocycles. The zero-order chi connectivity index (χ0) is 10.4. The summed E-state index contributed by atoms with van der Waals surface area (Å²) in [5, 5.41) is 6.11. The van der Waals surface area contributed by atoms with Crippen molar-refractivity contribution >= 4 is 16.7 Å². The van der Waals surface area contributed by atoms with Crippen molar-refractivity contribution in [1.29, 1.82) is 0 Å². The Bertz CT molecular complexity index is 215. The Labute approximate surface area is 87.3 Å². The fraction of sp³-hybridized carbons (Fsp3) is 0.889. The molecule has 2 N–H and O–H groups in total. The molecule has 1 saturated heterocycles. The average molecular weight is 218 g/mol. The van der Waals surface area contributed by atoms with E-state index in [0.29, 0.717) is 18.1 Å². The number of rotatable bonds is 5. The number of amides is 1. The maximum Gasteiger partial charge on any atom is 0.220 e. The van der Waals surface area contributed by atoms with Crippen LogP contribution in [0.3, 0.4) is 0 Å². The lowest BCUT2D eigenvalue weighted by molar-refractivity contribution is -0.120. The fourth-order valence-corrected chi connectivity index (χ4v) is 1.94. The van der Waals surface area contributed by atoms with Crippen molar-refractivity contribution in [1.82, 2.24) is 10.6 Å². The number of carbonyl (C=O) groups is 1. The molecule has 0 aliphatic carbocycles. The predicted octanol–water partition coefficient (Wildman–Crippen LogP) is -0.519. The molecular weight excluding hydrogens is 200 g/mol. The molecule has 0 aromatic heterocycles. The van der Waals surface area contributed by atoms with Gasteiger partial charge in [-0.05, 0) is 25.4 Å². The van der Waals surface area contributed by atoms with Crippen LogP contribution in [0, 0.1) is 5.92 Å². The zero-order valence-electron chi connectivity index (χ0n) is 8.54. The summed E-state index contributed by atoms with van der Waals surface area (Å²) < 4.78 is 10.7. The van der Waals surface area contributed by atoms with Gasteiger partial charge in [0.1, 0.15) is 0 Å². The second-order valence-corrected chi connectivity index (χ2v) is 5.24. The maximum absolute atomic E-state index is 11.2. The van der Waals surface area contributed by atoms with Gasteiger partial charge in [-0.3, -0.25) is 9.00 Å². The molecule has 5 heteroatoms. The summed E-state index contributed by atoms with van der Waals surface area (Å²) in [4.78, 5) is 11.2. The van der Waals surface area contributed by atoms with Crippen molar-refractivity contribution in [2.45, 2.75) is 12.8 Å². The number of carbonyl (C=O) groups excluding carboxylic acids is 1. The third-order valence-electron chi connectivity index (χ3n) is 2.37.